The van der Waals surface area contributed by atoms with Crippen molar-refractivity contribution in [1.82, 2.24) is 9.55 Å². The molecule has 2 aromatic carbocycles. The lowest BCUT2D eigenvalue weighted by Gasteiger charge is -2.09. The predicted octanol–water partition coefficient (Wildman–Crippen LogP) is 4.51. The minimum Gasteiger partial charge on any atom is -0.383 e. The lowest BCUT2D eigenvalue weighted by atomic mass is 10.1. The van der Waals surface area contributed by atoms with Crippen LogP contribution in [0.1, 0.15) is 17.0 Å². The maximum atomic E-state index is 12.9. The van der Waals surface area contributed by atoms with E-state index in [2.05, 4.69) is 4.98 Å². The van der Waals surface area contributed by atoms with Gasteiger partial charge in [-0.05, 0) is 24.6 Å². The highest BCUT2D eigenvalue weighted by molar-refractivity contribution is 5.71. The van der Waals surface area contributed by atoms with E-state index in [-0.39, 0.29) is 0 Å². The monoisotopic (exact) mass is 331 g/mol. The van der Waals surface area contributed by atoms with Gasteiger partial charge in [0, 0.05) is 5.56 Å². The van der Waals surface area contributed by atoms with E-state index in [0.29, 0.717) is 29.4 Å². The second kappa shape index (κ2) is 6.03. The van der Waals surface area contributed by atoms with Gasteiger partial charge >= 0.3 is 6.18 Å². The molecule has 0 fully saturated rings. The molecule has 0 saturated heterocycles. The molecule has 1 heterocycles. The predicted molar refractivity (Wildman–Crippen MR) is 87.4 cm³/mol. The van der Waals surface area contributed by atoms with Gasteiger partial charge in [-0.3, -0.25) is 0 Å². The molecule has 0 atom stereocenters. The van der Waals surface area contributed by atoms with Crippen LogP contribution >= 0.6 is 0 Å². The van der Waals surface area contributed by atoms with E-state index in [9.17, 15) is 13.2 Å². The zero-order valence-electron chi connectivity index (χ0n) is 13.0. The van der Waals surface area contributed by atoms with Crippen molar-refractivity contribution in [3.05, 3.63) is 71.5 Å². The number of hydrogen-bond donors (Lipinski definition) is 1. The summed E-state index contributed by atoms with van der Waals surface area (Å²) < 4.78 is 40.5. The molecule has 0 aliphatic heterocycles. The second-order valence-electron chi connectivity index (χ2n) is 5.54. The first-order valence-electron chi connectivity index (χ1n) is 7.40. The Balaban J connectivity index is 2.00. The molecule has 0 aliphatic rings. The van der Waals surface area contributed by atoms with Crippen LogP contribution in [-0.2, 0) is 12.7 Å². The molecule has 2 N–H and O–H groups in total. The van der Waals surface area contributed by atoms with E-state index >= 15 is 0 Å². The molecule has 0 radical (unpaired) electrons. The molecular weight excluding hydrogens is 315 g/mol. The highest BCUT2D eigenvalue weighted by atomic mass is 19.4. The largest absolute Gasteiger partial charge is 0.416 e. The maximum absolute atomic E-state index is 12.9. The topological polar surface area (TPSA) is 43.8 Å². The third-order valence-corrected chi connectivity index (χ3v) is 3.84. The molecule has 0 amide bonds. The van der Waals surface area contributed by atoms with E-state index in [1.54, 1.807) is 17.6 Å². The second-order valence-corrected chi connectivity index (χ2v) is 5.54. The average molecular weight is 331 g/mol. The van der Waals surface area contributed by atoms with Gasteiger partial charge in [-0.25, -0.2) is 4.98 Å². The molecule has 3 rings (SSSR count). The highest BCUT2D eigenvalue weighted by Crippen LogP contribution is 2.33. The number of nitrogens with two attached hydrogens (primary N) is 1. The Labute approximate surface area is 137 Å². The van der Waals surface area contributed by atoms with E-state index in [0.717, 1.165) is 17.7 Å². The Kier molecular flexibility index (Phi) is 4.05. The van der Waals surface area contributed by atoms with Gasteiger partial charge in [0.1, 0.15) is 17.3 Å². The SMILES string of the molecule is Cc1nc(-c2cccc(C(F)(F)F)c2)c(N)n1Cc1ccccc1. The van der Waals surface area contributed by atoms with Gasteiger partial charge in [0.05, 0.1) is 12.1 Å². The van der Waals surface area contributed by atoms with Gasteiger partial charge in [0.25, 0.3) is 0 Å². The molecule has 3 nitrogen and oxygen atoms in total. The molecule has 0 spiro atoms. The Hall–Kier alpha value is -2.76. The van der Waals surface area contributed by atoms with Crippen LogP contribution in [-0.4, -0.2) is 9.55 Å². The summed E-state index contributed by atoms with van der Waals surface area (Å²) in [5.74, 6) is 1.01. The van der Waals surface area contributed by atoms with Crippen LogP contribution in [0.3, 0.4) is 0 Å². The Morgan fingerprint density at radius 3 is 2.42 bits per heavy atom. The van der Waals surface area contributed by atoms with Crippen molar-refractivity contribution in [3.8, 4) is 11.3 Å². The molecule has 0 saturated carbocycles. The number of aromatic nitrogens is 2. The third kappa shape index (κ3) is 3.13. The van der Waals surface area contributed by atoms with E-state index < -0.39 is 11.7 Å². The number of nitrogen functional groups attached to an aromatic ring is 1. The summed E-state index contributed by atoms with van der Waals surface area (Å²) in [5.41, 5.74) is 7.22. The molecule has 0 unspecified atom stereocenters. The zero-order valence-corrected chi connectivity index (χ0v) is 13.0. The molecule has 1 aromatic heterocycles. The number of aryl methyl sites for hydroxylation is 1. The molecule has 124 valence electrons. The van der Waals surface area contributed by atoms with Crippen molar-refractivity contribution in [1.29, 1.82) is 0 Å². The van der Waals surface area contributed by atoms with E-state index in [1.807, 2.05) is 30.3 Å². The van der Waals surface area contributed by atoms with Crippen molar-refractivity contribution in [2.75, 3.05) is 5.73 Å². The summed E-state index contributed by atoms with van der Waals surface area (Å²) in [5, 5.41) is 0. The standard InChI is InChI=1S/C18H16F3N3/c1-12-23-16(14-8-5-9-15(10-14)18(19,20)21)17(22)24(12)11-13-6-3-2-4-7-13/h2-10H,11,22H2,1H3. The van der Waals surface area contributed by atoms with Crippen LogP contribution in [0.15, 0.2) is 54.6 Å². The first kappa shape index (κ1) is 16.1. The summed E-state index contributed by atoms with van der Waals surface area (Å²) in [4.78, 5) is 4.37. The van der Waals surface area contributed by atoms with Gasteiger partial charge in [-0.2, -0.15) is 13.2 Å². The molecule has 0 aliphatic carbocycles. The molecule has 0 bridgehead atoms. The fourth-order valence-corrected chi connectivity index (χ4v) is 2.60. The summed E-state index contributed by atoms with van der Waals surface area (Å²) in [7, 11) is 0. The average Bonchev–Trinajstić information content (AvgIpc) is 2.83. The van der Waals surface area contributed by atoms with Crippen molar-refractivity contribution >= 4 is 5.82 Å². The minimum absolute atomic E-state index is 0.357. The Morgan fingerprint density at radius 2 is 1.75 bits per heavy atom. The normalized spacial score (nSPS) is 11.7. The molecule has 24 heavy (non-hydrogen) atoms. The Morgan fingerprint density at radius 1 is 1.04 bits per heavy atom. The zero-order chi connectivity index (χ0) is 17.3. The van der Waals surface area contributed by atoms with Crippen LogP contribution in [0.5, 0.6) is 0 Å². The molecular formula is C18H16F3N3. The third-order valence-electron chi connectivity index (χ3n) is 3.84. The summed E-state index contributed by atoms with van der Waals surface area (Å²) in [6.45, 7) is 2.31. The lowest BCUT2D eigenvalue weighted by Crippen LogP contribution is -2.06. The van der Waals surface area contributed by atoms with Gasteiger partial charge in [0.15, 0.2) is 0 Å². The number of anilines is 1. The highest BCUT2D eigenvalue weighted by Gasteiger charge is 2.30. The van der Waals surface area contributed by atoms with Gasteiger partial charge in [-0.1, -0.05) is 42.5 Å². The number of benzene rings is 2. The van der Waals surface area contributed by atoms with Crippen LogP contribution in [0.2, 0.25) is 0 Å². The fourth-order valence-electron chi connectivity index (χ4n) is 2.60. The van der Waals surface area contributed by atoms with Crippen molar-refractivity contribution in [2.24, 2.45) is 0 Å². The number of imidazole rings is 1. The number of rotatable bonds is 3. The first-order valence-corrected chi connectivity index (χ1v) is 7.40. The minimum atomic E-state index is -4.40. The van der Waals surface area contributed by atoms with Gasteiger partial charge < -0.3 is 10.3 Å². The smallest absolute Gasteiger partial charge is 0.383 e. The number of hydrogen-bond acceptors (Lipinski definition) is 2. The molecule has 3 aromatic rings. The lowest BCUT2D eigenvalue weighted by molar-refractivity contribution is -0.137. The van der Waals surface area contributed by atoms with Gasteiger partial charge in [0.2, 0.25) is 0 Å². The van der Waals surface area contributed by atoms with Crippen LogP contribution < -0.4 is 5.73 Å². The van der Waals surface area contributed by atoms with Crippen LogP contribution in [0.4, 0.5) is 19.0 Å². The summed E-state index contributed by atoms with van der Waals surface area (Å²) >= 11 is 0. The Bertz CT molecular complexity index is 852. The number of halogens is 3. The van der Waals surface area contributed by atoms with Crippen molar-refractivity contribution in [2.45, 2.75) is 19.6 Å². The number of alkyl halides is 3. The van der Waals surface area contributed by atoms with Gasteiger partial charge in [-0.15, -0.1) is 0 Å². The fraction of sp³-hybridized carbons (Fsp3) is 0.167. The summed E-state index contributed by atoms with van der Waals surface area (Å²) in [6.07, 6.45) is -4.40. The molecule has 6 heteroatoms. The van der Waals surface area contributed by atoms with Crippen molar-refractivity contribution < 1.29 is 13.2 Å². The van der Waals surface area contributed by atoms with E-state index in [4.69, 9.17) is 5.73 Å². The quantitative estimate of drug-likeness (QED) is 0.767. The maximum Gasteiger partial charge on any atom is 0.416 e. The van der Waals surface area contributed by atoms with Crippen LogP contribution in [0.25, 0.3) is 11.3 Å². The number of nitrogens with zero attached hydrogens (tertiary/aromatic N) is 2. The first-order chi connectivity index (χ1) is 11.4. The van der Waals surface area contributed by atoms with E-state index in [1.165, 1.54) is 6.07 Å². The van der Waals surface area contributed by atoms with Crippen LogP contribution in [0, 0.1) is 6.92 Å². The summed E-state index contributed by atoms with van der Waals surface area (Å²) in [6, 6.07) is 14.7. The van der Waals surface area contributed by atoms with Crippen molar-refractivity contribution in [3.63, 3.8) is 0 Å².